The maximum Gasteiger partial charge on any atom is 0.0431 e. The van der Waals surface area contributed by atoms with E-state index in [9.17, 15) is 0 Å². The molecule has 1 aliphatic rings. The van der Waals surface area contributed by atoms with Gasteiger partial charge in [-0.05, 0) is 50.9 Å². The van der Waals surface area contributed by atoms with E-state index in [-0.39, 0.29) is 0 Å². The van der Waals surface area contributed by atoms with Gasteiger partial charge in [0.05, 0.1) is 0 Å². The van der Waals surface area contributed by atoms with Crippen molar-refractivity contribution in [1.82, 2.24) is 5.32 Å². The molecule has 0 radical (unpaired) electrons. The van der Waals surface area contributed by atoms with Gasteiger partial charge in [0, 0.05) is 18.7 Å². The van der Waals surface area contributed by atoms with Crippen LogP contribution in [-0.2, 0) is 0 Å². The van der Waals surface area contributed by atoms with Gasteiger partial charge >= 0.3 is 0 Å². The van der Waals surface area contributed by atoms with Gasteiger partial charge < -0.3 is 10.4 Å². The van der Waals surface area contributed by atoms with Crippen LogP contribution < -0.4 is 5.32 Å². The molecule has 0 heterocycles. The van der Waals surface area contributed by atoms with Gasteiger partial charge in [0.25, 0.3) is 0 Å². The zero-order chi connectivity index (χ0) is 12.0. The Bertz CT molecular complexity index is 184. The first-order valence-corrected chi connectivity index (χ1v) is 7.04. The van der Waals surface area contributed by atoms with Crippen LogP contribution in [0.3, 0.4) is 0 Å². The SMILES string of the molecule is CCC1CC(C)CCC1NC(C)CCCO. The topological polar surface area (TPSA) is 32.3 Å². The molecule has 4 unspecified atom stereocenters. The Balaban J connectivity index is 2.33. The van der Waals surface area contributed by atoms with Gasteiger partial charge in [-0.25, -0.2) is 0 Å². The summed E-state index contributed by atoms with van der Waals surface area (Å²) in [4.78, 5) is 0. The molecule has 0 aromatic heterocycles. The molecule has 2 heteroatoms. The molecule has 1 fully saturated rings. The van der Waals surface area contributed by atoms with Crippen molar-refractivity contribution in [3.63, 3.8) is 0 Å². The molecule has 0 spiro atoms. The van der Waals surface area contributed by atoms with E-state index in [1.807, 2.05) is 0 Å². The van der Waals surface area contributed by atoms with Crippen LogP contribution in [0.5, 0.6) is 0 Å². The molecule has 16 heavy (non-hydrogen) atoms. The molecule has 0 saturated heterocycles. The van der Waals surface area contributed by atoms with E-state index in [4.69, 9.17) is 5.11 Å². The van der Waals surface area contributed by atoms with Crippen molar-refractivity contribution in [2.45, 2.75) is 71.4 Å². The van der Waals surface area contributed by atoms with Crippen molar-refractivity contribution in [2.24, 2.45) is 11.8 Å². The molecule has 0 bridgehead atoms. The molecule has 0 aliphatic heterocycles. The minimum Gasteiger partial charge on any atom is -0.396 e. The van der Waals surface area contributed by atoms with E-state index in [0.29, 0.717) is 12.6 Å². The summed E-state index contributed by atoms with van der Waals surface area (Å²) in [5.41, 5.74) is 0. The normalized spacial score (nSPS) is 32.6. The summed E-state index contributed by atoms with van der Waals surface area (Å²) in [6.45, 7) is 7.27. The van der Waals surface area contributed by atoms with Crippen LogP contribution >= 0.6 is 0 Å². The third kappa shape index (κ3) is 4.42. The largest absolute Gasteiger partial charge is 0.396 e. The molecule has 1 saturated carbocycles. The first-order chi connectivity index (χ1) is 7.67. The molecule has 0 aromatic carbocycles. The highest BCUT2D eigenvalue weighted by Gasteiger charge is 2.27. The molecule has 1 aliphatic carbocycles. The van der Waals surface area contributed by atoms with Crippen LogP contribution in [0.1, 0.15) is 59.3 Å². The lowest BCUT2D eigenvalue weighted by Gasteiger charge is -2.36. The van der Waals surface area contributed by atoms with E-state index in [1.165, 1.54) is 25.7 Å². The zero-order valence-corrected chi connectivity index (χ0v) is 11.2. The van der Waals surface area contributed by atoms with Crippen LogP contribution in [-0.4, -0.2) is 23.8 Å². The van der Waals surface area contributed by atoms with Crippen LogP contribution in [0.15, 0.2) is 0 Å². The van der Waals surface area contributed by atoms with Gasteiger partial charge in [0.2, 0.25) is 0 Å². The fourth-order valence-electron chi connectivity index (χ4n) is 3.02. The molecule has 1 rings (SSSR count). The maximum absolute atomic E-state index is 8.83. The van der Waals surface area contributed by atoms with Crippen LogP contribution in [0.25, 0.3) is 0 Å². The monoisotopic (exact) mass is 227 g/mol. The predicted octanol–water partition coefficient (Wildman–Crippen LogP) is 2.95. The summed E-state index contributed by atoms with van der Waals surface area (Å²) in [6, 6.07) is 1.27. The number of aliphatic hydroxyl groups excluding tert-OH is 1. The van der Waals surface area contributed by atoms with Gasteiger partial charge in [0.1, 0.15) is 0 Å². The summed E-state index contributed by atoms with van der Waals surface area (Å²) < 4.78 is 0. The first-order valence-electron chi connectivity index (χ1n) is 7.04. The second kappa shape index (κ2) is 7.29. The van der Waals surface area contributed by atoms with Gasteiger partial charge in [-0.15, -0.1) is 0 Å². The van der Waals surface area contributed by atoms with Crippen molar-refractivity contribution in [3.8, 4) is 0 Å². The fraction of sp³-hybridized carbons (Fsp3) is 1.00. The lowest BCUT2D eigenvalue weighted by Crippen LogP contribution is -2.44. The molecule has 0 aromatic rings. The molecule has 96 valence electrons. The van der Waals surface area contributed by atoms with E-state index in [0.717, 1.165) is 30.7 Å². The second-order valence-electron chi connectivity index (χ2n) is 5.63. The van der Waals surface area contributed by atoms with Gasteiger partial charge in [-0.2, -0.15) is 0 Å². The summed E-state index contributed by atoms with van der Waals surface area (Å²) in [7, 11) is 0. The van der Waals surface area contributed by atoms with Crippen LogP contribution in [0.4, 0.5) is 0 Å². The third-order valence-corrected chi connectivity index (χ3v) is 4.06. The third-order valence-electron chi connectivity index (χ3n) is 4.06. The van der Waals surface area contributed by atoms with Crippen LogP contribution in [0.2, 0.25) is 0 Å². The number of hydrogen-bond donors (Lipinski definition) is 2. The standard InChI is InChI=1S/C14H29NO/c1-4-13-10-11(2)7-8-14(13)15-12(3)6-5-9-16/h11-16H,4-10H2,1-3H3. The van der Waals surface area contributed by atoms with Crippen molar-refractivity contribution in [1.29, 1.82) is 0 Å². The zero-order valence-electron chi connectivity index (χ0n) is 11.2. The highest BCUT2D eigenvalue weighted by molar-refractivity contribution is 4.84. The molecule has 2 N–H and O–H groups in total. The van der Waals surface area contributed by atoms with Crippen molar-refractivity contribution < 1.29 is 5.11 Å². The molecule has 2 nitrogen and oxygen atoms in total. The summed E-state index contributed by atoms with van der Waals surface area (Å²) in [6.07, 6.45) is 7.42. The van der Waals surface area contributed by atoms with Crippen LogP contribution in [0, 0.1) is 11.8 Å². The Morgan fingerprint density at radius 2 is 2.12 bits per heavy atom. The summed E-state index contributed by atoms with van der Waals surface area (Å²) in [5, 5.41) is 12.6. The molecular formula is C14H29NO. The van der Waals surface area contributed by atoms with E-state index < -0.39 is 0 Å². The van der Waals surface area contributed by atoms with Crippen molar-refractivity contribution in [3.05, 3.63) is 0 Å². The Morgan fingerprint density at radius 1 is 1.38 bits per heavy atom. The fourth-order valence-corrected chi connectivity index (χ4v) is 3.02. The van der Waals surface area contributed by atoms with Crippen molar-refractivity contribution >= 4 is 0 Å². The summed E-state index contributed by atoms with van der Waals surface area (Å²) >= 11 is 0. The quantitative estimate of drug-likeness (QED) is 0.731. The van der Waals surface area contributed by atoms with Gasteiger partial charge in [-0.3, -0.25) is 0 Å². The average molecular weight is 227 g/mol. The van der Waals surface area contributed by atoms with E-state index in [1.54, 1.807) is 0 Å². The number of nitrogens with one attached hydrogen (secondary N) is 1. The van der Waals surface area contributed by atoms with Crippen molar-refractivity contribution in [2.75, 3.05) is 6.61 Å². The Hall–Kier alpha value is -0.0800. The molecule has 0 amide bonds. The van der Waals surface area contributed by atoms with Gasteiger partial charge in [0.15, 0.2) is 0 Å². The Morgan fingerprint density at radius 3 is 2.75 bits per heavy atom. The minimum absolute atomic E-state index is 0.324. The average Bonchev–Trinajstić information content (AvgIpc) is 2.28. The lowest BCUT2D eigenvalue weighted by molar-refractivity contribution is 0.191. The van der Waals surface area contributed by atoms with E-state index >= 15 is 0 Å². The maximum atomic E-state index is 8.83. The predicted molar refractivity (Wildman–Crippen MR) is 69.5 cm³/mol. The highest BCUT2D eigenvalue weighted by Crippen LogP contribution is 2.31. The Labute approximate surface area is 101 Å². The smallest absolute Gasteiger partial charge is 0.0431 e. The second-order valence-corrected chi connectivity index (χ2v) is 5.63. The number of hydrogen-bond acceptors (Lipinski definition) is 2. The lowest BCUT2D eigenvalue weighted by atomic mass is 9.77. The molecular weight excluding hydrogens is 198 g/mol. The first kappa shape index (κ1) is 14.0. The number of aliphatic hydroxyl groups is 1. The summed E-state index contributed by atoms with van der Waals surface area (Å²) in [5.74, 6) is 1.77. The van der Waals surface area contributed by atoms with Gasteiger partial charge in [-0.1, -0.05) is 20.3 Å². The minimum atomic E-state index is 0.324. The Kier molecular flexibility index (Phi) is 6.37. The highest BCUT2D eigenvalue weighted by atomic mass is 16.2. The molecule has 4 atom stereocenters. The number of rotatable bonds is 6. The van der Waals surface area contributed by atoms with E-state index in [2.05, 4.69) is 26.1 Å².